The maximum atomic E-state index is 9.94. The van der Waals surface area contributed by atoms with Crippen molar-refractivity contribution in [1.29, 1.82) is 0 Å². The van der Waals surface area contributed by atoms with E-state index in [1.165, 1.54) is 0 Å². The smallest absolute Gasteiger partial charge is 0.180 e. The van der Waals surface area contributed by atoms with Crippen LogP contribution in [-0.2, 0) is 9.47 Å². The Hall–Kier alpha value is -1.80. The predicted octanol–water partition coefficient (Wildman–Crippen LogP) is 1.92. The van der Waals surface area contributed by atoms with Crippen molar-refractivity contribution < 1.29 is 24.1 Å². The van der Waals surface area contributed by atoms with E-state index >= 15 is 0 Å². The third-order valence-electron chi connectivity index (χ3n) is 4.75. The molecule has 0 amide bonds. The van der Waals surface area contributed by atoms with Crippen LogP contribution in [0.3, 0.4) is 0 Å². The van der Waals surface area contributed by atoms with Crippen molar-refractivity contribution in [2.24, 2.45) is 0 Å². The second-order valence-electron chi connectivity index (χ2n) is 6.05. The highest BCUT2D eigenvalue weighted by molar-refractivity contribution is 6.35. The molecule has 0 spiro atoms. The Bertz CT molecular complexity index is 780. The van der Waals surface area contributed by atoms with Gasteiger partial charge in [-0.15, -0.1) is 0 Å². The van der Waals surface area contributed by atoms with Crippen molar-refractivity contribution in [1.82, 2.24) is 9.55 Å². The molecule has 0 saturated carbocycles. The fraction of sp³-hybridized carbons (Fsp3) is 0.471. The van der Waals surface area contributed by atoms with Crippen LogP contribution in [0, 0.1) is 0 Å². The maximum Gasteiger partial charge on any atom is 0.180 e. The van der Waals surface area contributed by atoms with Gasteiger partial charge in [0.15, 0.2) is 11.5 Å². The van der Waals surface area contributed by atoms with Crippen LogP contribution in [0.1, 0.15) is 6.04 Å². The average molecular weight is 367 g/mol. The minimum absolute atomic E-state index is 0.0798. The number of imidazole rings is 1. The summed E-state index contributed by atoms with van der Waals surface area (Å²) in [5, 5.41) is 10.4. The van der Waals surface area contributed by atoms with Gasteiger partial charge in [-0.25, -0.2) is 4.98 Å². The van der Waals surface area contributed by atoms with Crippen LogP contribution in [0.25, 0.3) is 11.4 Å². The van der Waals surface area contributed by atoms with Gasteiger partial charge in [0.1, 0.15) is 24.1 Å². The van der Waals surface area contributed by atoms with E-state index in [2.05, 4.69) is 4.98 Å². The lowest BCUT2D eigenvalue weighted by Crippen LogP contribution is -2.30. The molecule has 134 valence electrons. The first-order valence-corrected chi connectivity index (χ1v) is 8.38. The molecule has 1 aromatic carbocycles. The van der Waals surface area contributed by atoms with Gasteiger partial charge in [-0.1, -0.05) is 11.6 Å². The molecule has 1 N–H and O–H groups in total. The van der Waals surface area contributed by atoms with Crippen LogP contribution in [0.2, 0.25) is 5.02 Å². The van der Waals surface area contributed by atoms with Gasteiger partial charge in [0.2, 0.25) is 0 Å². The van der Waals surface area contributed by atoms with E-state index in [0.29, 0.717) is 29.0 Å². The number of halogens is 1. The van der Waals surface area contributed by atoms with Crippen LogP contribution in [-0.4, -0.2) is 60.4 Å². The van der Waals surface area contributed by atoms with E-state index in [-0.39, 0.29) is 24.9 Å². The second-order valence-corrected chi connectivity index (χ2v) is 6.43. The highest BCUT2D eigenvalue weighted by Crippen LogP contribution is 2.43. The predicted molar refractivity (Wildman–Crippen MR) is 90.3 cm³/mol. The number of rotatable bonds is 4. The first kappa shape index (κ1) is 16.7. The van der Waals surface area contributed by atoms with Crippen molar-refractivity contribution in [2.45, 2.75) is 24.4 Å². The summed E-state index contributed by atoms with van der Waals surface area (Å²) in [6, 6.07) is 3.56. The third-order valence-corrected chi connectivity index (χ3v) is 5.13. The Balaban J connectivity index is 1.74. The van der Waals surface area contributed by atoms with Crippen LogP contribution in [0.15, 0.2) is 24.5 Å². The molecule has 2 aliphatic heterocycles. The Morgan fingerprint density at radius 1 is 1.20 bits per heavy atom. The molecule has 4 atom stereocenters. The summed E-state index contributed by atoms with van der Waals surface area (Å²) in [7, 11) is 3.11. The van der Waals surface area contributed by atoms with Gasteiger partial charge in [0.05, 0.1) is 38.5 Å². The number of aliphatic hydroxyl groups excluding tert-OH is 1. The zero-order valence-corrected chi connectivity index (χ0v) is 14.6. The quantitative estimate of drug-likeness (QED) is 0.891. The van der Waals surface area contributed by atoms with Crippen LogP contribution >= 0.6 is 11.6 Å². The standard InChI is InChI=1S/C17H19ClN2O5/c1-22-12-4-3-9(13(18)16(12)23-2)17-19-5-6-20(17)10-7-24-15-11(21)8-25-14(10)15/h3-6,10-11,14-15,21H,7-8H2,1-2H3/t10-,11-,14-,15-/m1/s1. The van der Waals surface area contributed by atoms with Gasteiger partial charge >= 0.3 is 0 Å². The van der Waals surface area contributed by atoms with Crippen LogP contribution in [0.4, 0.5) is 0 Å². The van der Waals surface area contributed by atoms with Crippen molar-refractivity contribution >= 4 is 11.6 Å². The van der Waals surface area contributed by atoms with Crippen molar-refractivity contribution in [2.75, 3.05) is 27.4 Å². The number of fused-ring (bicyclic) bond motifs is 1. The normalized spacial score (nSPS) is 28.2. The number of benzene rings is 1. The van der Waals surface area contributed by atoms with Gasteiger partial charge in [0, 0.05) is 18.0 Å². The molecule has 0 bridgehead atoms. The van der Waals surface area contributed by atoms with Gasteiger partial charge in [-0.2, -0.15) is 0 Å². The minimum atomic E-state index is -0.591. The molecule has 2 aromatic rings. The highest BCUT2D eigenvalue weighted by Gasteiger charge is 2.48. The molecule has 0 aliphatic carbocycles. The SMILES string of the molecule is COc1ccc(-c2nccn2[C@@H]2CO[C@H]3[C@@H]2OC[C@H]3O)c(Cl)c1OC. The van der Waals surface area contributed by atoms with E-state index < -0.39 is 6.10 Å². The highest BCUT2D eigenvalue weighted by atomic mass is 35.5. The molecule has 3 heterocycles. The Labute approximate surface area is 150 Å². The summed E-state index contributed by atoms with van der Waals surface area (Å²) in [5.74, 6) is 1.70. The number of hydrogen-bond donors (Lipinski definition) is 1. The molecule has 4 rings (SSSR count). The van der Waals surface area contributed by atoms with E-state index in [0.717, 1.165) is 5.56 Å². The van der Waals surface area contributed by atoms with Gasteiger partial charge in [-0.05, 0) is 12.1 Å². The van der Waals surface area contributed by atoms with Crippen molar-refractivity contribution in [3.8, 4) is 22.9 Å². The first-order chi connectivity index (χ1) is 12.2. The van der Waals surface area contributed by atoms with E-state index in [4.69, 9.17) is 30.5 Å². The average Bonchev–Trinajstić information content (AvgIpc) is 3.32. The molecule has 0 radical (unpaired) electrons. The largest absolute Gasteiger partial charge is 0.493 e. The van der Waals surface area contributed by atoms with Crippen LogP contribution < -0.4 is 9.47 Å². The Morgan fingerprint density at radius 3 is 2.76 bits per heavy atom. The third kappa shape index (κ3) is 2.58. The van der Waals surface area contributed by atoms with Crippen molar-refractivity contribution in [3.63, 3.8) is 0 Å². The molecule has 0 unspecified atom stereocenters. The Morgan fingerprint density at radius 2 is 2.00 bits per heavy atom. The minimum Gasteiger partial charge on any atom is -0.493 e. The summed E-state index contributed by atoms with van der Waals surface area (Å²) >= 11 is 6.54. The molecule has 2 fully saturated rings. The lowest BCUT2D eigenvalue weighted by molar-refractivity contribution is 0.0172. The van der Waals surface area contributed by atoms with Gasteiger partial charge in [-0.3, -0.25) is 0 Å². The molecule has 1 aromatic heterocycles. The number of ether oxygens (including phenoxy) is 4. The number of hydrogen-bond acceptors (Lipinski definition) is 6. The van der Waals surface area contributed by atoms with E-state index in [9.17, 15) is 5.11 Å². The zero-order valence-electron chi connectivity index (χ0n) is 13.9. The fourth-order valence-electron chi connectivity index (χ4n) is 3.55. The maximum absolute atomic E-state index is 9.94. The summed E-state index contributed by atoms with van der Waals surface area (Å²) < 4.78 is 24.1. The summed E-state index contributed by atoms with van der Waals surface area (Å²) in [5.41, 5.74) is 0.728. The van der Waals surface area contributed by atoms with Gasteiger partial charge in [0.25, 0.3) is 0 Å². The monoisotopic (exact) mass is 366 g/mol. The summed E-state index contributed by atoms with van der Waals surface area (Å²) in [4.78, 5) is 4.46. The molecule has 7 nitrogen and oxygen atoms in total. The lowest BCUT2D eigenvalue weighted by Gasteiger charge is -2.20. The topological polar surface area (TPSA) is 75.0 Å². The van der Waals surface area contributed by atoms with E-state index in [1.54, 1.807) is 26.5 Å². The number of aliphatic hydroxyl groups is 1. The van der Waals surface area contributed by atoms with E-state index in [1.807, 2.05) is 16.8 Å². The molecule has 2 saturated heterocycles. The molecular formula is C17H19ClN2O5. The zero-order chi connectivity index (χ0) is 17.6. The fourth-order valence-corrected chi connectivity index (χ4v) is 3.87. The Kier molecular flexibility index (Phi) is 4.33. The molecule has 8 heteroatoms. The van der Waals surface area contributed by atoms with Crippen LogP contribution in [0.5, 0.6) is 11.5 Å². The second kappa shape index (κ2) is 6.49. The summed E-state index contributed by atoms with van der Waals surface area (Å²) in [6.07, 6.45) is 2.48. The number of methoxy groups -OCH3 is 2. The summed E-state index contributed by atoms with van der Waals surface area (Å²) in [6.45, 7) is 0.730. The number of nitrogens with zero attached hydrogens (tertiary/aromatic N) is 2. The lowest BCUT2D eigenvalue weighted by atomic mass is 10.1. The van der Waals surface area contributed by atoms with Gasteiger partial charge < -0.3 is 28.6 Å². The molecular weight excluding hydrogens is 348 g/mol. The van der Waals surface area contributed by atoms with Crippen molar-refractivity contribution in [3.05, 3.63) is 29.5 Å². The molecule has 25 heavy (non-hydrogen) atoms. The number of aromatic nitrogens is 2. The first-order valence-electron chi connectivity index (χ1n) is 8.00. The molecule has 2 aliphatic rings.